The third-order valence-electron chi connectivity index (χ3n) is 3.16. The van der Waals surface area contributed by atoms with Gasteiger partial charge in [0.05, 0.1) is 15.5 Å². The Balaban J connectivity index is 3.26. The van der Waals surface area contributed by atoms with E-state index in [0.29, 0.717) is 0 Å². The van der Waals surface area contributed by atoms with Crippen LogP contribution in [0.15, 0.2) is 23.1 Å². The van der Waals surface area contributed by atoms with Gasteiger partial charge >= 0.3 is 5.97 Å². The van der Waals surface area contributed by atoms with Crippen molar-refractivity contribution in [1.29, 1.82) is 5.26 Å². The molecule has 0 spiro atoms. The monoisotopic (exact) mass is 373 g/mol. The van der Waals surface area contributed by atoms with Gasteiger partial charge in [-0.3, -0.25) is 9.59 Å². The summed E-state index contributed by atoms with van der Waals surface area (Å²) in [6.45, 7) is 2.19. The molecular weight excluding hydrogens is 358 g/mol. The van der Waals surface area contributed by atoms with Crippen LogP contribution in [0.5, 0.6) is 0 Å². The maximum absolute atomic E-state index is 12.7. The van der Waals surface area contributed by atoms with Crippen molar-refractivity contribution in [2.45, 2.75) is 24.8 Å². The molecule has 0 bridgehead atoms. The number of benzene rings is 1. The summed E-state index contributed by atoms with van der Waals surface area (Å²) >= 11 is 5.78. The average Bonchev–Trinajstić information content (AvgIpc) is 2.50. The quantitative estimate of drug-likeness (QED) is 0.728. The van der Waals surface area contributed by atoms with Gasteiger partial charge in [-0.15, -0.1) is 0 Å². The number of carboxylic acids is 1. The number of carbonyl (C=O) groups is 2. The minimum atomic E-state index is -4.20. The van der Waals surface area contributed by atoms with E-state index in [-0.39, 0.29) is 34.5 Å². The summed E-state index contributed by atoms with van der Waals surface area (Å²) in [6.07, 6.45) is 0. The van der Waals surface area contributed by atoms with Crippen LogP contribution < -0.4 is 5.32 Å². The minimum Gasteiger partial charge on any atom is -0.480 e. The van der Waals surface area contributed by atoms with Crippen LogP contribution in [0.1, 0.15) is 19.4 Å². The second-order valence-corrected chi connectivity index (χ2v) is 7.16. The number of nitrogens with one attached hydrogen (secondary N) is 1. The molecule has 0 radical (unpaired) electrons. The number of nitrogens with zero attached hydrogens (tertiary/aromatic N) is 2. The Labute approximate surface area is 144 Å². The number of amides is 1. The molecule has 0 saturated heterocycles. The van der Waals surface area contributed by atoms with Crippen molar-refractivity contribution in [3.8, 4) is 6.07 Å². The first-order valence-corrected chi connectivity index (χ1v) is 8.61. The van der Waals surface area contributed by atoms with Crippen LogP contribution in [0, 0.1) is 11.3 Å². The molecule has 1 rings (SSSR count). The Morgan fingerprint density at radius 1 is 1.46 bits per heavy atom. The lowest BCUT2D eigenvalue weighted by Gasteiger charge is -2.26. The van der Waals surface area contributed by atoms with Gasteiger partial charge < -0.3 is 10.4 Å². The third kappa shape index (κ3) is 4.67. The Morgan fingerprint density at radius 3 is 2.58 bits per heavy atom. The fourth-order valence-corrected chi connectivity index (χ4v) is 3.65. The molecule has 1 atom stereocenters. The van der Waals surface area contributed by atoms with Gasteiger partial charge in [-0.05, 0) is 25.1 Å². The highest BCUT2D eigenvalue weighted by Gasteiger charge is 2.33. The predicted molar refractivity (Wildman–Crippen MR) is 85.8 cm³/mol. The van der Waals surface area contributed by atoms with Gasteiger partial charge in [0.1, 0.15) is 12.1 Å². The molecule has 10 heteroatoms. The fraction of sp³-hybridized carbons (Fsp3) is 0.357. The van der Waals surface area contributed by atoms with Crippen LogP contribution in [-0.4, -0.2) is 48.8 Å². The zero-order valence-corrected chi connectivity index (χ0v) is 14.6. The fourth-order valence-electron chi connectivity index (χ4n) is 1.87. The molecule has 0 saturated carbocycles. The van der Waals surface area contributed by atoms with Gasteiger partial charge in [0.2, 0.25) is 15.9 Å². The lowest BCUT2D eigenvalue weighted by atomic mass is 10.2. The smallest absolute Gasteiger partial charge is 0.321 e. The molecule has 0 aliphatic carbocycles. The van der Waals surface area contributed by atoms with Crippen molar-refractivity contribution < 1.29 is 23.1 Å². The highest BCUT2D eigenvalue weighted by Crippen LogP contribution is 2.23. The van der Waals surface area contributed by atoms with Crippen LogP contribution in [-0.2, 0) is 19.6 Å². The molecular formula is C14H16ClN3O5S. The first-order chi connectivity index (χ1) is 11.1. The first kappa shape index (κ1) is 19.9. The van der Waals surface area contributed by atoms with Gasteiger partial charge in [0, 0.05) is 20.0 Å². The van der Waals surface area contributed by atoms with Gasteiger partial charge in [-0.25, -0.2) is 8.42 Å². The van der Waals surface area contributed by atoms with Crippen LogP contribution in [0.2, 0.25) is 5.02 Å². The average molecular weight is 374 g/mol. The molecule has 0 heterocycles. The van der Waals surface area contributed by atoms with E-state index in [1.165, 1.54) is 26.0 Å². The molecule has 0 fully saturated rings. The highest BCUT2D eigenvalue weighted by molar-refractivity contribution is 7.89. The topological polar surface area (TPSA) is 128 Å². The molecule has 130 valence electrons. The van der Waals surface area contributed by atoms with Crippen molar-refractivity contribution >= 4 is 33.5 Å². The maximum atomic E-state index is 12.7. The van der Waals surface area contributed by atoms with Crippen LogP contribution >= 0.6 is 11.6 Å². The summed E-state index contributed by atoms with van der Waals surface area (Å²) in [6, 6.07) is 3.94. The Hall–Kier alpha value is -2.15. The molecule has 0 aliphatic rings. The number of aliphatic carboxylic acids is 1. The Kier molecular flexibility index (Phi) is 6.71. The van der Waals surface area contributed by atoms with E-state index < -0.39 is 22.0 Å². The molecule has 1 aromatic carbocycles. The van der Waals surface area contributed by atoms with E-state index in [0.717, 1.165) is 10.4 Å². The number of carboxylic acid groups (broad SMARTS) is 1. The number of carbonyl (C=O) groups excluding carboxylic acids is 1. The van der Waals surface area contributed by atoms with E-state index in [1.54, 1.807) is 6.07 Å². The van der Waals surface area contributed by atoms with Gasteiger partial charge in [-0.2, -0.15) is 9.57 Å². The predicted octanol–water partition coefficient (Wildman–Crippen LogP) is 0.812. The molecule has 0 aromatic heterocycles. The summed E-state index contributed by atoms with van der Waals surface area (Å²) in [5.41, 5.74) is -0.0393. The Bertz CT molecular complexity index is 788. The molecule has 0 aliphatic heterocycles. The zero-order chi connectivity index (χ0) is 18.5. The highest BCUT2D eigenvalue weighted by atomic mass is 35.5. The van der Waals surface area contributed by atoms with Crippen molar-refractivity contribution in [3.63, 3.8) is 0 Å². The largest absolute Gasteiger partial charge is 0.480 e. The van der Waals surface area contributed by atoms with E-state index in [4.69, 9.17) is 22.0 Å². The van der Waals surface area contributed by atoms with Gasteiger partial charge in [-0.1, -0.05) is 11.6 Å². The number of halogens is 1. The summed E-state index contributed by atoms with van der Waals surface area (Å²) < 4.78 is 26.2. The van der Waals surface area contributed by atoms with Crippen LogP contribution in [0.25, 0.3) is 0 Å². The Morgan fingerprint density at radius 2 is 2.08 bits per heavy atom. The van der Waals surface area contributed by atoms with E-state index in [1.807, 2.05) is 0 Å². The molecule has 1 unspecified atom stereocenters. The number of sulfonamides is 1. The second kappa shape index (κ2) is 8.10. The summed E-state index contributed by atoms with van der Waals surface area (Å²) in [4.78, 5) is 21.9. The van der Waals surface area contributed by atoms with Gasteiger partial charge in [0.15, 0.2) is 0 Å². The lowest BCUT2D eigenvalue weighted by Crippen LogP contribution is -2.46. The van der Waals surface area contributed by atoms with E-state index in [9.17, 15) is 18.0 Å². The summed E-state index contributed by atoms with van der Waals surface area (Å²) in [5.74, 6) is -1.70. The number of hydrogen-bond donors (Lipinski definition) is 2. The van der Waals surface area contributed by atoms with Crippen molar-refractivity contribution in [2.75, 3.05) is 13.1 Å². The molecule has 24 heavy (non-hydrogen) atoms. The normalized spacial score (nSPS) is 12.5. The van der Waals surface area contributed by atoms with Crippen molar-refractivity contribution in [2.24, 2.45) is 0 Å². The molecule has 8 nitrogen and oxygen atoms in total. The maximum Gasteiger partial charge on any atom is 0.321 e. The molecule has 1 aromatic rings. The third-order valence-corrected chi connectivity index (χ3v) is 5.46. The van der Waals surface area contributed by atoms with Crippen LogP contribution in [0.4, 0.5) is 0 Å². The lowest BCUT2D eigenvalue weighted by molar-refractivity contribution is -0.140. The van der Waals surface area contributed by atoms with Crippen LogP contribution in [0.3, 0.4) is 0 Å². The SMILES string of the molecule is CC(=O)NCCN(C(C)C(=O)O)S(=O)(=O)c1ccc(Cl)c(C#N)c1. The minimum absolute atomic E-state index is 0.0393. The molecule has 2 N–H and O–H groups in total. The van der Waals surface area contributed by atoms with Crippen molar-refractivity contribution in [3.05, 3.63) is 28.8 Å². The first-order valence-electron chi connectivity index (χ1n) is 6.80. The molecule has 1 amide bonds. The number of hydrogen-bond acceptors (Lipinski definition) is 5. The number of nitriles is 1. The van der Waals surface area contributed by atoms with E-state index in [2.05, 4.69) is 5.32 Å². The van der Waals surface area contributed by atoms with E-state index >= 15 is 0 Å². The zero-order valence-electron chi connectivity index (χ0n) is 13.0. The number of rotatable bonds is 7. The van der Waals surface area contributed by atoms with Crippen molar-refractivity contribution in [1.82, 2.24) is 9.62 Å². The summed E-state index contributed by atoms with van der Waals surface area (Å²) in [5, 5.41) is 20.6. The van der Waals surface area contributed by atoms with Gasteiger partial charge in [0.25, 0.3) is 0 Å². The standard InChI is InChI=1S/C14H16ClN3O5S/c1-9(14(20)21)18(6-5-17-10(2)19)24(22,23)12-3-4-13(15)11(7-12)8-16/h3-4,7,9H,5-6H2,1-2H3,(H,17,19)(H,20,21). The second-order valence-electron chi connectivity index (χ2n) is 4.87. The summed E-state index contributed by atoms with van der Waals surface area (Å²) in [7, 11) is -4.20.